The topological polar surface area (TPSA) is 121 Å². The summed E-state index contributed by atoms with van der Waals surface area (Å²) in [6.45, 7) is 2.89. The number of carbonyl (C=O) groups is 1. The lowest BCUT2D eigenvalue weighted by Gasteiger charge is -2.31. The summed E-state index contributed by atoms with van der Waals surface area (Å²) in [6.07, 6.45) is 2.92. The van der Waals surface area contributed by atoms with E-state index in [9.17, 15) is 9.59 Å². The zero-order valence-electron chi connectivity index (χ0n) is 14.5. The summed E-state index contributed by atoms with van der Waals surface area (Å²) in [6, 6.07) is 2.89. The second kappa shape index (κ2) is 5.83. The van der Waals surface area contributed by atoms with E-state index in [2.05, 4.69) is 25.8 Å². The molecule has 0 radical (unpaired) electrons. The molecular weight excluding hydrogens is 352 g/mol. The van der Waals surface area contributed by atoms with E-state index in [0.29, 0.717) is 35.3 Å². The molecule has 0 bridgehead atoms. The SMILES string of the molecule is C[C@H](Cn1cnnn1)n1nnc2cc3c(cc2c1=O)OC1CCCN1C3=O. The maximum absolute atomic E-state index is 12.9. The minimum atomic E-state index is -0.304. The number of tetrazole rings is 1. The van der Waals surface area contributed by atoms with Gasteiger partial charge < -0.3 is 9.64 Å². The minimum absolute atomic E-state index is 0.0846. The molecule has 4 heterocycles. The second-order valence-corrected chi connectivity index (χ2v) is 6.80. The summed E-state index contributed by atoms with van der Waals surface area (Å²) < 4.78 is 8.77. The third-order valence-corrected chi connectivity index (χ3v) is 5.00. The number of hydrogen-bond acceptors (Lipinski definition) is 8. The van der Waals surface area contributed by atoms with Crippen molar-refractivity contribution in [2.45, 2.75) is 38.6 Å². The van der Waals surface area contributed by atoms with Gasteiger partial charge in [-0.25, -0.2) is 9.36 Å². The van der Waals surface area contributed by atoms with Crippen LogP contribution in [-0.2, 0) is 6.54 Å². The third-order valence-electron chi connectivity index (χ3n) is 5.00. The Morgan fingerprint density at radius 3 is 3.00 bits per heavy atom. The molecule has 5 rings (SSSR count). The molecule has 0 aliphatic carbocycles. The number of fused-ring (bicyclic) bond motifs is 3. The Labute approximate surface area is 152 Å². The monoisotopic (exact) mass is 368 g/mol. The molecule has 0 spiro atoms. The first-order chi connectivity index (χ1) is 13.1. The van der Waals surface area contributed by atoms with Gasteiger partial charge in [-0.15, -0.1) is 10.2 Å². The van der Waals surface area contributed by atoms with Crippen LogP contribution < -0.4 is 10.3 Å². The fourth-order valence-corrected chi connectivity index (χ4v) is 3.64. The van der Waals surface area contributed by atoms with Gasteiger partial charge in [0.1, 0.15) is 17.6 Å². The summed E-state index contributed by atoms with van der Waals surface area (Å²) in [5, 5.41) is 19.5. The van der Waals surface area contributed by atoms with E-state index in [1.54, 1.807) is 17.0 Å². The maximum Gasteiger partial charge on any atom is 0.278 e. The highest BCUT2D eigenvalue weighted by atomic mass is 16.5. The fraction of sp³-hybridized carbons (Fsp3) is 0.438. The molecule has 2 aliphatic rings. The van der Waals surface area contributed by atoms with Crippen molar-refractivity contribution in [3.63, 3.8) is 0 Å². The van der Waals surface area contributed by atoms with Crippen LogP contribution in [0.4, 0.5) is 0 Å². The highest BCUT2D eigenvalue weighted by Gasteiger charge is 2.37. The lowest BCUT2D eigenvalue weighted by molar-refractivity contribution is 0.0295. The number of ether oxygens (including phenoxy) is 1. The van der Waals surface area contributed by atoms with Crippen molar-refractivity contribution < 1.29 is 9.53 Å². The predicted octanol–water partition coefficient (Wildman–Crippen LogP) is -0.00630. The van der Waals surface area contributed by atoms with Crippen molar-refractivity contribution in [3.8, 4) is 5.75 Å². The van der Waals surface area contributed by atoms with Crippen molar-refractivity contribution in [3.05, 3.63) is 34.4 Å². The van der Waals surface area contributed by atoms with E-state index in [0.717, 1.165) is 12.8 Å². The molecule has 27 heavy (non-hydrogen) atoms. The normalized spacial score (nSPS) is 19.7. The summed E-state index contributed by atoms with van der Waals surface area (Å²) in [4.78, 5) is 27.3. The molecule has 1 aromatic carbocycles. The number of hydrogen-bond donors (Lipinski definition) is 0. The largest absolute Gasteiger partial charge is 0.470 e. The Morgan fingerprint density at radius 2 is 2.19 bits per heavy atom. The van der Waals surface area contributed by atoms with Crippen LogP contribution in [0.1, 0.15) is 36.2 Å². The van der Waals surface area contributed by atoms with Gasteiger partial charge in [-0.3, -0.25) is 9.59 Å². The third kappa shape index (κ3) is 2.46. The number of rotatable bonds is 3. The summed E-state index contributed by atoms with van der Waals surface area (Å²) >= 11 is 0. The molecule has 2 aromatic heterocycles. The van der Waals surface area contributed by atoms with Crippen LogP contribution in [0.2, 0.25) is 0 Å². The summed E-state index contributed by atoms with van der Waals surface area (Å²) in [5.74, 6) is 0.346. The first-order valence-electron chi connectivity index (χ1n) is 8.73. The van der Waals surface area contributed by atoms with Crippen LogP contribution in [0.3, 0.4) is 0 Å². The van der Waals surface area contributed by atoms with Gasteiger partial charge in [-0.05, 0) is 35.9 Å². The summed E-state index contributed by atoms with van der Waals surface area (Å²) in [7, 11) is 0. The molecule has 1 unspecified atom stereocenters. The standard InChI is InChI=1S/C16H16N8O3/c1-9(7-22-8-17-19-21-22)24-16(26)10-6-13-11(5-12(10)18-20-24)15(25)23-4-2-3-14(23)27-13/h5-6,8-9,14H,2-4,7H2,1H3/t9-,14?/m1/s1. The van der Waals surface area contributed by atoms with Gasteiger partial charge in [-0.2, -0.15) is 0 Å². The molecule has 0 N–H and O–H groups in total. The first-order valence-corrected chi connectivity index (χ1v) is 8.73. The fourth-order valence-electron chi connectivity index (χ4n) is 3.64. The Morgan fingerprint density at radius 1 is 1.30 bits per heavy atom. The highest BCUT2D eigenvalue weighted by molar-refractivity contribution is 6.01. The zero-order chi connectivity index (χ0) is 18.5. The van der Waals surface area contributed by atoms with Crippen LogP contribution in [-0.4, -0.2) is 58.8 Å². The van der Waals surface area contributed by atoms with Crippen molar-refractivity contribution in [1.29, 1.82) is 0 Å². The molecule has 2 aliphatic heterocycles. The average molecular weight is 368 g/mol. The molecule has 11 nitrogen and oxygen atoms in total. The van der Waals surface area contributed by atoms with Gasteiger partial charge in [0.15, 0.2) is 6.23 Å². The lowest BCUT2D eigenvalue weighted by atomic mass is 10.1. The molecule has 2 atom stereocenters. The van der Waals surface area contributed by atoms with Gasteiger partial charge in [0.05, 0.1) is 23.5 Å². The quantitative estimate of drug-likeness (QED) is 0.633. The molecular formula is C16H16N8O3. The van der Waals surface area contributed by atoms with Crippen LogP contribution in [0.15, 0.2) is 23.3 Å². The van der Waals surface area contributed by atoms with Crippen molar-refractivity contribution in [2.75, 3.05) is 6.54 Å². The molecule has 138 valence electrons. The van der Waals surface area contributed by atoms with Gasteiger partial charge in [0, 0.05) is 13.0 Å². The van der Waals surface area contributed by atoms with Crippen molar-refractivity contribution in [2.24, 2.45) is 0 Å². The van der Waals surface area contributed by atoms with E-state index in [1.165, 1.54) is 15.7 Å². The minimum Gasteiger partial charge on any atom is -0.470 e. The maximum atomic E-state index is 12.9. The zero-order valence-corrected chi connectivity index (χ0v) is 14.5. The van der Waals surface area contributed by atoms with Gasteiger partial charge in [0.25, 0.3) is 11.5 Å². The van der Waals surface area contributed by atoms with Crippen LogP contribution >= 0.6 is 0 Å². The van der Waals surface area contributed by atoms with Gasteiger partial charge in [-0.1, -0.05) is 5.21 Å². The molecule has 11 heteroatoms. The van der Waals surface area contributed by atoms with E-state index >= 15 is 0 Å². The van der Waals surface area contributed by atoms with Crippen molar-refractivity contribution in [1.82, 2.24) is 40.1 Å². The van der Waals surface area contributed by atoms with Crippen LogP contribution in [0.5, 0.6) is 5.75 Å². The second-order valence-electron chi connectivity index (χ2n) is 6.80. The van der Waals surface area contributed by atoms with Crippen molar-refractivity contribution >= 4 is 16.8 Å². The van der Waals surface area contributed by atoms with E-state index < -0.39 is 0 Å². The number of amides is 1. The van der Waals surface area contributed by atoms with E-state index in [4.69, 9.17) is 4.74 Å². The van der Waals surface area contributed by atoms with E-state index in [1.807, 2.05) is 6.92 Å². The Balaban J connectivity index is 1.57. The van der Waals surface area contributed by atoms with Gasteiger partial charge >= 0.3 is 0 Å². The number of benzene rings is 1. The summed E-state index contributed by atoms with van der Waals surface area (Å²) in [5.41, 5.74) is 0.501. The molecule has 3 aromatic rings. The molecule has 1 saturated heterocycles. The Bertz CT molecular complexity index is 1090. The smallest absolute Gasteiger partial charge is 0.278 e. The Kier molecular flexibility index (Phi) is 3.42. The number of carbonyl (C=O) groups excluding carboxylic acids is 1. The number of aromatic nitrogens is 7. The molecule has 1 amide bonds. The van der Waals surface area contributed by atoms with Gasteiger partial charge in [0.2, 0.25) is 0 Å². The molecule has 0 saturated carbocycles. The number of nitrogens with zero attached hydrogens (tertiary/aromatic N) is 8. The highest BCUT2D eigenvalue weighted by Crippen LogP contribution is 2.34. The first kappa shape index (κ1) is 15.9. The van der Waals surface area contributed by atoms with E-state index in [-0.39, 0.29) is 23.7 Å². The van der Waals surface area contributed by atoms with Crippen LogP contribution in [0.25, 0.3) is 10.9 Å². The lowest BCUT2D eigenvalue weighted by Crippen LogP contribution is -2.43. The average Bonchev–Trinajstić information content (AvgIpc) is 3.33. The Hall–Kier alpha value is -3.37. The predicted molar refractivity (Wildman–Crippen MR) is 91.0 cm³/mol. The van der Waals surface area contributed by atoms with Crippen LogP contribution in [0, 0.1) is 0 Å². The molecule has 1 fully saturated rings.